The van der Waals surface area contributed by atoms with E-state index in [1.54, 1.807) is 32.3 Å². The summed E-state index contributed by atoms with van der Waals surface area (Å²) in [5.74, 6) is 0.380. The van der Waals surface area contributed by atoms with Gasteiger partial charge in [-0.25, -0.2) is 12.7 Å². The zero-order chi connectivity index (χ0) is 14.6. The average molecular weight is 298 g/mol. The first-order valence-corrected chi connectivity index (χ1v) is 8.30. The van der Waals surface area contributed by atoms with Crippen molar-refractivity contribution in [3.8, 4) is 0 Å². The number of nitrogens with one attached hydrogen (secondary N) is 1. The fourth-order valence-electron chi connectivity index (χ4n) is 2.46. The molecule has 0 aliphatic carbocycles. The van der Waals surface area contributed by atoms with Crippen molar-refractivity contribution in [2.75, 3.05) is 39.2 Å². The molecule has 0 atom stereocenters. The van der Waals surface area contributed by atoms with Gasteiger partial charge < -0.3 is 10.1 Å². The fourth-order valence-corrected chi connectivity index (χ4v) is 3.90. The summed E-state index contributed by atoms with van der Waals surface area (Å²) in [5, 5.41) is 2.93. The summed E-state index contributed by atoms with van der Waals surface area (Å²) in [5.41, 5.74) is 0.631. The normalized spacial score (nSPS) is 17.4. The van der Waals surface area contributed by atoms with Gasteiger partial charge in [-0.1, -0.05) is 12.1 Å². The first-order valence-electron chi connectivity index (χ1n) is 6.86. The first-order chi connectivity index (χ1) is 9.55. The Kier molecular flexibility index (Phi) is 5.01. The Labute approximate surface area is 121 Å². The third-order valence-electron chi connectivity index (χ3n) is 3.70. The lowest BCUT2D eigenvalue weighted by Crippen LogP contribution is -2.34. The molecule has 20 heavy (non-hydrogen) atoms. The lowest BCUT2D eigenvalue weighted by Gasteiger charge is -2.27. The molecular weight excluding hydrogens is 276 g/mol. The van der Waals surface area contributed by atoms with Gasteiger partial charge in [0, 0.05) is 33.9 Å². The molecule has 0 spiro atoms. The Morgan fingerprint density at radius 1 is 1.30 bits per heavy atom. The minimum Gasteiger partial charge on any atom is -0.387 e. The fraction of sp³-hybridized carbons (Fsp3) is 0.571. The van der Waals surface area contributed by atoms with Gasteiger partial charge in [-0.05, 0) is 30.9 Å². The van der Waals surface area contributed by atoms with E-state index in [0.29, 0.717) is 23.0 Å². The maximum atomic E-state index is 12.6. The van der Waals surface area contributed by atoms with Crippen LogP contribution in [0, 0.1) is 5.92 Å². The van der Waals surface area contributed by atoms with Crippen molar-refractivity contribution in [1.82, 2.24) is 4.31 Å². The summed E-state index contributed by atoms with van der Waals surface area (Å²) in [7, 11) is -0.0721. The maximum Gasteiger partial charge on any atom is 0.244 e. The van der Waals surface area contributed by atoms with Crippen LogP contribution in [0.3, 0.4) is 0 Å². The van der Waals surface area contributed by atoms with Crippen molar-refractivity contribution in [2.24, 2.45) is 5.92 Å². The van der Waals surface area contributed by atoms with Gasteiger partial charge in [0.1, 0.15) is 4.90 Å². The molecule has 0 amide bonds. The standard InChI is InChI=1S/C14H22N2O3S/c1-15-13-5-3-4-6-14(13)20(17,18)16(2)11-12-7-9-19-10-8-12/h3-6,12,15H,7-11H2,1-2H3. The topological polar surface area (TPSA) is 58.6 Å². The highest BCUT2D eigenvalue weighted by molar-refractivity contribution is 7.89. The second-order valence-corrected chi connectivity index (χ2v) is 7.10. The highest BCUT2D eigenvalue weighted by atomic mass is 32.2. The molecule has 1 aromatic carbocycles. The maximum absolute atomic E-state index is 12.6. The Bertz CT molecular complexity index is 539. The van der Waals surface area contributed by atoms with Gasteiger partial charge in [-0.3, -0.25) is 0 Å². The number of sulfonamides is 1. The summed E-state index contributed by atoms with van der Waals surface area (Å²) >= 11 is 0. The third kappa shape index (κ3) is 3.31. The van der Waals surface area contributed by atoms with E-state index in [4.69, 9.17) is 4.74 Å². The van der Waals surface area contributed by atoms with Crippen LogP contribution in [0.1, 0.15) is 12.8 Å². The summed E-state index contributed by atoms with van der Waals surface area (Å²) in [4.78, 5) is 0.331. The highest BCUT2D eigenvalue weighted by Gasteiger charge is 2.26. The van der Waals surface area contributed by atoms with Gasteiger partial charge >= 0.3 is 0 Å². The molecule has 0 saturated carbocycles. The minimum absolute atomic E-state index is 0.331. The number of para-hydroxylation sites is 1. The van der Waals surface area contributed by atoms with Gasteiger partial charge in [-0.15, -0.1) is 0 Å². The van der Waals surface area contributed by atoms with E-state index >= 15 is 0 Å². The van der Waals surface area contributed by atoms with Crippen LogP contribution in [0.2, 0.25) is 0 Å². The molecule has 1 N–H and O–H groups in total. The van der Waals surface area contributed by atoms with Gasteiger partial charge in [-0.2, -0.15) is 0 Å². The minimum atomic E-state index is -3.45. The summed E-state index contributed by atoms with van der Waals surface area (Å²) < 4.78 is 32.0. The van der Waals surface area contributed by atoms with Gasteiger partial charge in [0.05, 0.1) is 5.69 Å². The monoisotopic (exact) mass is 298 g/mol. The molecular formula is C14H22N2O3S. The number of nitrogens with zero attached hydrogens (tertiary/aromatic N) is 1. The SMILES string of the molecule is CNc1ccccc1S(=O)(=O)N(C)CC1CCOCC1. The zero-order valence-electron chi connectivity index (χ0n) is 12.0. The average Bonchev–Trinajstić information content (AvgIpc) is 2.48. The molecule has 1 fully saturated rings. The molecule has 0 radical (unpaired) electrons. The van der Waals surface area contributed by atoms with Crippen molar-refractivity contribution < 1.29 is 13.2 Å². The predicted octanol–water partition coefficient (Wildman–Crippen LogP) is 1.78. The van der Waals surface area contributed by atoms with E-state index in [1.807, 2.05) is 6.07 Å². The number of ether oxygens (including phenoxy) is 1. The lowest BCUT2D eigenvalue weighted by molar-refractivity contribution is 0.0620. The molecule has 2 rings (SSSR count). The lowest BCUT2D eigenvalue weighted by atomic mass is 10.0. The van der Waals surface area contributed by atoms with Crippen LogP contribution in [0.5, 0.6) is 0 Å². The Hall–Kier alpha value is -1.11. The molecule has 1 aromatic rings. The van der Waals surface area contributed by atoms with Crippen molar-refractivity contribution in [2.45, 2.75) is 17.7 Å². The molecule has 6 heteroatoms. The molecule has 5 nitrogen and oxygen atoms in total. The summed E-state index contributed by atoms with van der Waals surface area (Å²) in [6.07, 6.45) is 1.85. The van der Waals surface area contributed by atoms with Crippen molar-refractivity contribution in [1.29, 1.82) is 0 Å². The number of hydrogen-bond acceptors (Lipinski definition) is 4. The quantitative estimate of drug-likeness (QED) is 0.900. The van der Waals surface area contributed by atoms with Gasteiger partial charge in [0.2, 0.25) is 10.0 Å². The van der Waals surface area contributed by atoms with E-state index in [-0.39, 0.29) is 0 Å². The second-order valence-electron chi connectivity index (χ2n) is 5.09. The molecule has 1 aliphatic heterocycles. The molecule has 0 aromatic heterocycles. The Morgan fingerprint density at radius 2 is 1.95 bits per heavy atom. The van der Waals surface area contributed by atoms with Gasteiger partial charge in [0.25, 0.3) is 0 Å². The zero-order valence-corrected chi connectivity index (χ0v) is 12.8. The van der Waals surface area contributed by atoms with Crippen molar-refractivity contribution >= 4 is 15.7 Å². The molecule has 1 aliphatic rings. The van der Waals surface area contributed by atoms with E-state index in [2.05, 4.69) is 5.32 Å². The smallest absolute Gasteiger partial charge is 0.244 e. The van der Waals surface area contributed by atoms with Crippen LogP contribution < -0.4 is 5.32 Å². The van der Waals surface area contributed by atoms with Crippen LogP contribution in [0.15, 0.2) is 29.2 Å². The van der Waals surface area contributed by atoms with E-state index < -0.39 is 10.0 Å². The molecule has 112 valence electrons. The first kappa shape index (κ1) is 15.3. The van der Waals surface area contributed by atoms with E-state index in [1.165, 1.54) is 4.31 Å². The highest BCUT2D eigenvalue weighted by Crippen LogP contribution is 2.25. The van der Waals surface area contributed by atoms with Crippen LogP contribution in [0.4, 0.5) is 5.69 Å². The number of rotatable bonds is 5. The number of benzene rings is 1. The Morgan fingerprint density at radius 3 is 2.60 bits per heavy atom. The van der Waals surface area contributed by atoms with Crippen LogP contribution in [0.25, 0.3) is 0 Å². The van der Waals surface area contributed by atoms with E-state index in [0.717, 1.165) is 26.1 Å². The number of anilines is 1. The van der Waals surface area contributed by atoms with Gasteiger partial charge in [0.15, 0.2) is 0 Å². The summed E-state index contributed by atoms with van der Waals surface area (Å²) in [6, 6.07) is 6.98. The number of hydrogen-bond donors (Lipinski definition) is 1. The van der Waals surface area contributed by atoms with Crippen molar-refractivity contribution in [3.63, 3.8) is 0 Å². The predicted molar refractivity (Wildman–Crippen MR) is 79.3 cm³/mol. The van der Waals surface area contributed by atoms with Crippen LogP contribution in [-0.4, -0.2) is 46.6 Å². The largest absolute Gasteiger partial charge is 0.387 e. The van der Waals surface area contributed by atoms with Crippen LogP contribution in [-0.2, 0) is 14.8 Å². The molecule has 0 bridgehead atoms. The Balaban J connectivity index is 2.16. The summed E-state index contributed by atoms with van der Waals surface area (Å²) in [6.45, 7) is 2.00. The van der Waals surface area contributed by atoms with Crippen molar-refractivity contribution in [3.05, 3.63) is 24.3 Å². The third-order valence-corrected chi connectivity index (χ3v) is 5.58. The van der Waals surface area contributed by atoms with Crippen LogP contribution >= 0.6 is 0 Å². The molecule has 0 unspecified atom stereocenters. The van der Waals surface area contributed by atoms with E-state index in [9.17, 15) is 8.42 Å². The molecule has 1 heterocycles. The molecule has 1 saturated heterocycles. The second kappa shape index (κ2) is 6.56.